The Morgan fingerprint density at radius 3 is 2.92 bits per heavy atom. The van der Waals surface area contributed by atoms with Gasteiger partial charge in [0.15, 0.2) is 0 Å². The molecule has 0 heterocycles. The predicted molar refractivity (Wildman–Crippen MR) is 51.1 cm³/mol. The quantitative estimate of drug-likeness (QED) is 0.629. The van der Waals surface area contributed by atoms with Gasteiger partial charge in [0.1, 0.15) is 0 Å². The Morgan fingerprint density at radius 1 is 1.42 bits per heavy atom. The summed E-state index contributed by atoms with van der Waals surface area (Å²) in [5.41, 5.74) is 0. The molecular formula is C10H21NO. The fourth-order valence-electron chi connectivity index (χ4n) is 1.93. The first-order valence-electron chi connectivity index (χ1n) is 5.21. The van der Waals surface area contributed by atoms with Crippen molar-refractivity contribution in [3.05, 3.63) is 0 Å². The number of aliphatic hydroxyl groups is 1. The van der Waals surface area contributed by atoms with E-state index < -0.39 is 0 Å². The third kappa shape index (κ3) is 3.55. The lowest BCUT2D eigenvalue weighted by Gasteiger charge is -2.25. The van der Waals surface area contributed by atoms with Crippen molar-refractivity contribution in [1.29, 1.82) is 0 Å². The molecule has 72 valence electrons. The van der Waals surface area contributed by atoms with Gasteiger partial charge in [-0.3, -0.25) is 0 Å². The maximum Gasteiger partial charge on any atom is 0.0543 e. The van der Waals surface area contributed by atoms with Crippen LogP contribution in [0.5, 0.6) is 0 Å². The zero-order valence-corrected chi connectivity index (χ0v) is 8.05. The predicted octanol–water partition coefficient (Wildman–Crippen LogP) is 1.54. The highest BCUT2D eigenvalue weighted by atomic mass is 16.3. The Balaban J connectivity index is 2.06. The van der Waals surface area contributed by atoms with E-state index in [-0.39, 0.29) is 6.10 Å². The van der Waals surface area contributed by atoms with Gasteiger partial charge in [0.2, 0.25) is 0 Å². The molecule has 0 aromatic rings. The normalized spacial score (nSPS) is 30.5. The summed E-state index contributed by atoms with van der Waals surface area (Å²) in [6.45, 7) is 4.40. The van der Waals surface area contributed by atoms with Gasteiger partial charge < -0.3 is 10.4 Å². The molecule has 2 atom stereocenters. The van der Waals surface area contributed by atoms with Gasteiger partial charge in [-0.2, -0.15) is 0 Å². The first kappa shape index (κ1) is 10.0. The molecule has 1 fully saturated rings. The molecule has 0 saturated heterocycles. The number of aliphatic hydroxyl groups excluding tert-OH is 1. The van der Waals surface area contributed by atoms with E-state index in [0.717, 1.165) is 31.8 Å². The summed E-state index contributed by atoms with van der Waals surface area (Å²) in [6.07, 6.45) is 5.72. The number of rotatable bonds is 4. The van der Waals surface area contributed by atoms with Crippen molar-refractivity contribution in [2.45, 2.75) is 45.1 Å². The van der Waals surface area contributed by atoms with Gasteiger partial charge in [-0.25, -0.2) is 0 Å². The Labute approximate surface area is 75.4 Å². The van der Waals surface area contributed by atoms with E-state index in [0.29, 0.717) is 0 Å². The van der Waals surface area contributed by atoms with Crippen LogP contribution in [0.1, 0.15) is 39.0 Å². The lowest BCUT2D eigenvalue weighted by atomic mass is 9.87. The van der Waals surface area contributed by atoms with Crippen LogP contribution >= 0.6 is 0 Å². The molecule has 0 spiro atoms. The fraction of sp³-hybridized carbons (Fsp3) is 1.00. The zero-order valence-electron chi connectivity index (χ0n) is 8.05. The topological polar surface area (TPSA) is 32.3 Å². The van der Waals surface area contributed by atoms with Crippen LogP contribution in [0.4, 0.5) is 0 Å². The second-order valence-electron chi connectivity index (χ2n) is 3.89. The van der Waals surface area contributed by atoms with Gasteiger partial charge in [-0.05, 0) is 44.7 Å². The molecule has 0 aliphatic heterocycles. The van der Waals surface area contributed by atoms with Crippen LogP contribution in [0.2, 0.25) is 0 Å². The van der Waals surface area contributed by atoms with E-state index in [9.17, 15) is 5.11 Å². The molecule has 0 aromatic heterocycles. The SMILES string of the molecule is CCCNCC1CCCC(O)C1. The summed E-state index contributed by atoms with van der Waals surface area (Å²) < 4.78 is 0. The molecule has 2 heteroatoms. The molecule has 0 amide bonds. The smallest absolute Gasteiger partial charge is 0.0543 e. The van der Waals surface area contributed by atoms with E-state index in [1.807, 2.05) is 0 Å². The highest BCUT2D eigenvalue weighted by molar-refractivity contribution is 4.73. The summed E-state index contributed by atoms with van der Waals surface area (Å²) in [4.78, 5) is 0. The first-order valence-corrected chi connectivity index (χ1v) is 5.21. The molecule has 1 aliphatic rings. The van der Waals surface area contributed by atoms with E-state index >= 15 is 0 Å². The second-order valence-corrected chi connectivity index (χ2v) is 3.89. The van der Waals surface area contributed by atoms with Crippen LogP contribution in [0.15, 0.2) is 0 Å². The van der Waals surface area contributed by atoms with Gasteiger partial charge in [0.25, 0.3) is 0 Å². The maximum atomic E-state index is 9.41. The van der Waals surface area contributed by atoms with Crippen LogP contribution in [0.3, 0.4) is 0 Å². The Kier molecular flexibility index (Phi) is 4.62. The van der Waals surface area contributed by atoms with Crippen molar-refractivity contribution in [1.82, 2.24) is 5.32 Å². The Morgan fingerprint density at radius 2 is 2.25 bits per heavy atom. The van der Waals surface area contributed by atoms with Crippen molar-refractivity contribution in [3.63, 3.8) is 0 Å². The Hall–Kier alpha value is -0.0800. The highest BCUT2D eigenvalue weighted by Crippen LogP contribution is 2.23. The van der Waals surface area contributed by atoms with Crippen molar-refractivity contribution in [2.24, 2.45) is 5.92 Å². The standard InChI is InChI=1S/C10H21NO/c1-2-6-11-8-9-4-3-5-10(12)7-9/h9-12H,2-8H2,1H3. The molecule has 1 aliphatic carbocycles. The van der Waals surface area contributed by atoms with Crippen LogP contribution in [0, 0.1) is 5.92 Å². The zero-order chi connectivity index (χ0) is 8.81. The van der Waals surface area contributed by atoms with Crippen molar-refractivity contribution < 1.29 is 5.11 Å². The van der Waals surface area contributed by atoms with Crippen LogP contribution in [0.25, 0.3) is 0 Å². The molecule has 12 heavy (non-hydrogen) atoms. The van der Waals surface area contributed by atoms with E-state index in [1.54, 1.807) is 0 Å². The van der Waals surface area contributed by atoms with Crippen LogP contribution < -0.4 is 5.32 Å². The lowest BCUT2D eigenvalue weighted by Crippen LogP contribution is -2.29. The number of hydrogen-bond donors (Lipinski definition) is 2. The third-order valence-corrected chi connectivity index (χ3v) is 2.61. The minimum absolute atomic E-state index is 0.0211. The number of nitrogens with one attached hydrogen (secondary N) is 1. The maximum absolute atomic E-state index is 9.41. The van der Waals surface area contributed by atoms with E-state index in [4.69, 9.17) is 0 Å². The molecule has 0 radical (unpaired) electrons. The van der Waals surface area contributed by atoms with E-state index in [1.165, 1.54) is 19.3 Å². The molecule has 2 N–H and O–H groups in total. The minimum Gasteiger partial charge on any atom is -0.393 e. The molecule has 2 unspecified atom stereocenters. The fourth-order valence-corrected chi connectivity index (χ4v) is 1.93. The van der Waals surface area contributed by atoms with Crippen molar-refractivity contribution >= 4 is 0 Å². The van der Waals surface area contributed by atoms with Gasteiger partial charge in [0.05, 0.1) is 6.10 Å². The van der Waals surface area contributed by atoms with Crippen molar-refractivity contribution in [3.8, 4) is 0 Å². The van der Waals surface area contributed by atoms with Crippen molar-refractivity contribution in [2.75, 3.05) is 13.1 Å². The average molecular weight is 171 g/mol. The Bertz CT molecular complexity index is 116. The number of hydrogen-bond acceptors (Lipinski definition) is 2. The summed E-state index contributed by atoms with van der Waals surface area (Å²) in [7, 11) is 0. The van der Waals surface area contributed by atoms with Gasteiger partial charge in [0, 0.05) is 0 Å². The molecule has 0 bridgehead atoms. The van der Waals surface area contributed by atoms with Gasteiger partial charge >= 0.3 is 0 Å². The lowest BCUT2D eigenvalue weighted by molar-refractivity contribution is 0.101. The average Bonchev–Trinajstić information content (AvgIpc) is 2.05. The van der Waals surface area contributed by atoms with Gasteiger partial charge in [-0.1, -0.05) is 13.3 Å². The molecule has 1 saturated carbocycles. The van der Waals surface area contributed by atoms with E-state index in [2.05, 4.69) is 12.2 Å². The van der Waals surface area contributed by atoms with Crippen LogP contribution in [-0.2, 0) is 0 Å². The summed E-state index contributed by atoms with van der Waals surface area (Å²) in [5.74, 6) is 0.722. The minimum atomic E-state index is -0.0211. The third-order valence-electron chi connectivity index (χ3n) is 2.61. The van der Waals surface area contributed by atoms with Crippen LogP contribution in [-0.4, -0.2) is 24.3 Å². The molecule has 2 nitrogen and oxygen atoms in total. The molecule has 1 rings (SSSR count). The first-order chi connectivity index (χ1) is 5.83. The highest BCUT2D eigenvalue weighted by Gasteiger charge is 2.19. The summed E-state index contributed by atoms with van der Waals surface area (Å²) >= 11 is 0. The molecular weight excluding hydrogens is 150 g/mol. The second kappa shape index (κ2) is 5.55. The monoisotopic (exact) mass is 171 g/mol. The van der Waals surface area contributed by atoms with Gasteiger partial charge in [-0.15, -0.1) is 0 Å². The molecule has 0 aromatic carbocycles. The summed E-state index contributed by atoms with van der Waals surface area (Å²) in [5, 5.41) is 12.8. The largest absolute Gasteiger partial charge is 0.393 e. The summed E-state index contributed by atoms with van der Waals surface area (Å²) in [6, 6.07) is 0.